The molecular weight excluding hydrogens is 387 g/mol. The van der Waals surface area contributed by atoms with Gasteiger partial charge in [-0.2, -0.15) is 0 Å². The molecule has 0 aliphatic rings. The van der Waals surface area contributed by atoms with Crippen molar-refractivity contribution in [3.8, 4) is 5.75 Å². The third-order valence-corrected chi connectivity index (χ3v) is 4.86. The minimum absolute atomic E-state index is 0.0151. The Kier molecular flexibility index (Phi) is 5.85. The van der Waals surface area contributed by atoms with Crippen LogP contribution in [-0.2, 0) is 17.1 Å². The SMILES string of the molecule is CC(C)NS(=O)(=O)c1cc(C(=O)Nc2cccc(OC(F)(F)F)c2)n(C)c1. The van der Waals surface area contributed by atoms with Crippen LogP contribution in [-0.4, -0.2) is 31.3 Å². The van der Waals surface area contributed by atoms with Gasteiger partial charge in [-0.1, -0.05) is 6.07 Å². The van der Waals surface area contributed by atoms with Crippen molar-refractivity contribution in [2.75, 3.05) is 5.32 Å². The second kappa shape index (κ2) is 7.61. The van der Waals surface area contributed by atoms with E-state index < -0.39 is 28.0 Å². The van der Waals surface area contributed by atoms with Crippen LogP contribution in [0, 0.1) is 0 Å². The van der Waals surface area contributed by atoms with Crippen LogP contribution < -0.4 is 14.8 Å². The predicted octanol–water partition coefficient (Wildman–Crippen LogP) is 2.86. The molecule has 1 aromatic carbocycles. The maximum Gasteiger partial charge on any atom is 0.573 e. The smallest absolute Gasteiger partial charge is 0.406 e. The molecule has 0 saturated carbocycles. The molecule has 0 unspecified atom stereocenters. The zero-order valence-corrected chi connectivity index (χ0v) is 15.5. The lowest BCUT2D eigenvalue weighted by atomic mass is 10.3. The maximum atomic E-state index is 12.4. The molecule has 0 aliphatic heterocycles. The van der Waals surface area contributed by atoms with Crippen molar-refractivity contribution in [3.63, 3.8) is 0 Å². The quantitative estimate of drug-likeness (QED) is 0.774. The van der Waals surface area contributed by atoms with Crippen LogP contribution in [0.5, 0.6) is 5.75 Å². The topological polar surface area (TPSA) is 89.4 Å². The Morgan fingerprint density at radius 3 is 2.48 bits per heavy atom. The van der Waals surface area contributed by atoms with Crippen molar-refractivity contribution in [1.29, 1.82) is 0 Å². The summed E-state index contributed by atoms with van der Waals surface area (Å²) in [4.78, 5) is 12.3. The van der Waals surface area contributed by atoms with E-state index in [1.807, 2.05) is 0 Å². The fourth-order valence-corrected chi connectivity index (χ4v) is 3.57. The first-order chi connectivity index (χ1) is 12.4. The summed E-state index contributed by atoms with van der Waals surface area (Å²) in [5.41, 5.74) is 0.0777. The van der Waals surface area contributed by atoms with Crippen LogP contribution in [0.4, 0.5) is 18.9 Å². The summed E-state index contributed by atoms with van der Waals surface area (Å²) < 4.78 is 68.7. The fraction of sp³-hybridized carbons (Fsp3) is 0.312. The average molecular weight is 405 g/mol. The van der Waals surface area contributed by atoms with Gasteiger partial charge in [0.1, 0.15) is 16.3 Å². The number of aryl methyl sites for hydroxylation is 1. The summed E-state index contributed by atoms with van der Waals surface area (Å²) >= 11 is 0. The zero-order valence-electron chi connectivity index (χ0n) is 14.7. The molecule has 1 amide bonds. The monoisotopic (exact) mass is 405 g/mol. The molecule has 7 nitrogen and oxygen atoms in total. The van der Waals surface area contributed by atoms with Crippen LogP contribution in [0.3, 0.4) is 0 Å². The molecular formula is C16H18F3N3O4S. The molecule has 0 atom stereocenters. The number of ether oxygens (including phenoxy) is 1. The Hall–Kier alpha value is -2.53. The normalized spacial score (nSPS) is 12.3. The van der Waals surface area contributed by atoms with Gasteiger partial charge in [-0.3, -0.25) is 4.79 Å². The fourth-order valence-electron chi connectivity index (χ4n) is 2.25. The van der Waals surface area contributed by atoms with Gasteiger partial charge >= 0.3 is 6.36 Å². The molecule has 27 heavy (non-hydrogen) atoms. The van der Waals surface area contributed by atoms with E-state index in [4.69, 9.17) is 0 Å². The van der Waals surface area contributed by atoms with Gasteiger partial charge < -0.3 is 14.6 Å². The van der Waals surface area contributed by atoms with Crippen LogP contribution in [0.2, 0.25) is 0 Å². The van der Waals surface area contributed by atoms with E-state index in [-0.39, 0.29) is 22.3 Å². The minimum atomic E-state index is -4.85. The van der Waals surface area contributed by atoms with Gasteiger partial charge in [-0.25, -0.2) is 13.1 Å². The number of nitrogens with zero attached hydrogens (tertiary/aromatic N) is 1. The zero-order chi connectivity index (χ0) is 20.4. The van der Waals surface area contributed by atoms with Gasteiger partial charge in [-0.05, 0) is 32.0 Å². The average Bonchev–Trinajstić information content (AvgIpc) is 2.87. The van der Waals surface area contributed by atoms with Crippen molar-refractivity contribution in [1.82, 2.24) is 9.29 Å². The van der Waals surface area contributed by atoms with Crippen LogP contribution >= 0.6 is 0 Å². The largest absolute Gasteiger partial charge is 0.573 e. The Bertz CT molecular complexity index is 937. The number of carbonyl (C=O) groups is 1. The predicted molar refractivity (Wildman–Crippen MR) is 91.9 cm³/mol. The molecule has 0 saturated heterocycles. The lowest BCUT2D eigenvalue weighted by Gasteiger charge is -2.11. The number of halogens is 3. The van der Waals surface area contributed by atoms with E-state index in [0.29, 0.717) is 0 Å². The molecule has 0 spiro atoms. The molecule has 148 valence electrons. The standard InChI is InChI=1S/C16H18F3N3O4S/c1-10(2)21-27(24,25)13-8-14(22(3)9-13)15(23)20-11-5-4-6-12(7-11)26-16(17,18)19/h4-10,21H,1-3H3,(H,20,23). The van der Waals surface area contributed by atoms with Gasteiger partial charge in [-0.15, -0.1) is 13.2 Å². The first-order valence-electron chi connectivity index (χ1n) is 7.73. The van der Waals surface area contributed by atoms with Crippen molar-refractivity contribution in [3.05, 3.63) is 42.2 Å². The number of nitrogens with one attached hydrogen (secondary N) is 2. The minimum Gasteiger partial charge on any atom is -0.406 e. The van der Waals surface area contributed by atoms with Gasteiger partial charge in [0.15, 0.2) is 0 Å². The number of rotatable bonds is 6. The van der Waals surface area contributed by atoms with Crippen LogP contribution in [0.25, 0.3) is 0 Å². The lowest BCUT2D eigenvalue weighted by Crippen LogP contribution is -2.29. The number of hydrogen-bond acceptors (Lipinski definition) is 4. The molecule has 0 aliphatic carbocycles. The van der Waals surface area contributed by atoms with Crippen LogP contribution in [0.1, 0.15) is 24.3 Å². The third-order valence-electron chi connectivity index (χ3n) is 3.24. The molecule has 1 heterocycles. The first kappa shape index (κ1) is 20.8. The second-order valence-corrected chi connectivity index (χ2v) is 7.69. The molecule has 2 rings (SSSR count). The van der Waals surface area contributed by atoms with Gasteiger partial charge in [0, 0.05) is 31.0 Å². The summed E-state index contributed by atoms with van der Waals surface area (Å²) in [6, 6.07) is 5.60. The van der Waals surface area contributed by atoms with E-state index in [9.17, 15) is 26.4 Å². The number of hydrogen-bond donors (Lipinski definition) is 2. The van der Waals surface area contributed by atoms with Crippen molar-refractivity contribution in [2.45, 2.75) is 31.1 Å². The van der Waals surface area contributed by atoms with E-state index >= 15 is 0 Å². The van der Waals surface area contributed by atoms with Crippen molar-refractivity contribution >= 4 is 21.6 Å². The van der Waals surface area contributed by atoms with E-state index in [1.165, 1.54) is 36.0 Å². The number of amides is 1. The van der Waals surface area contributed by atoms with Crippen molar-refractivity contribution < 1.29 is 31.1 Å². The van der Waals surface area contributed by atoms with Gasteiger partial charge in [0.05, 0.1) is 0 Å². The number of sulfonamides is 1. The van der Waals surface area contributed by atoms with Gasteiger partial charge in [0.25, 0.3) is 5.91 Å². The third kappa shape index (κ3) is 5.73. The highest BCUT2D eigenvalue weighted by atomic mass is 32.2. The van der Waals surface area contributed by atoms with E-state index in [2.05, 4.69) is 14.8 Å². The summed E-state index contributed by atoms with van der Waals surface area (Å²) in [5, 5.41) is 2.41. The molecule has 11 heteroatoms. The summed E-state index contributed by atoms with van der Waals surface area (Å²) in [6.07, 6.45) is -3.59. The second-order valence-electron chi connectivity index (χ2n) is 5.98. The Labute approximate surface area is 154 Å². The number of benzene rings is 1. The number of carbonyl (C=O) groups excluding carboxylic acids is 1. The lowest BCUT2D eigenvalue weighted by molar-refractivity contribution is -0.274. The van der Waals surface area contributed by atoms with E-state index in [1.54, 1.807) is 13.8 Å². The summed E-state index contributed by atoms with van der Waals surface area (Å²) in [6.45, 7) is 3.31. The number of aromatic nitrogens is 1. The molecule has 0 fully saturated rings. The highest BCUT2D eigenvalue weighted by Gasteiger charge is 2.31. The Balaban J connectivity index is 2.21. The summed E-state index contributed by atoms with van der Waals surface area (Å²) in [7, 11) is -2.31. The molecule has 2 aromatic rings. The first-order valence-corrected chi connectivity index (χ1v) is 9.21. The summed E-state index contributed by atoms with van der Waals surface area (Å²) in [5.74, 6) is -1.18. The Morgan fingerprint density at radius 2 is 1.89 bits per heavy atom. The molecule has 1 aromatic heterocycles. The number of alkyl halides is 3. The van der Waals surface area contributed by atoms with Gasteiger partial charge in [0.2, 0.25) is 10.0 Å². The maximum absolute atomic E-state index is 12.4. The number of anilines is 1. The molecule has 2 N–H and O–H groups in total. The highest BCUT2D eigenvalue weighted by molar-refractivity contribution is 7.89. The molecule has 0 radical (unpaired) electrons. The highest BCUT2D eigenvalue weighted by Crippen LogP contribution is 2.25. The Morgan fingerprint density at radius 1 is 1.22 bits per heavy atom. The van der Waals surface area contributed by atoms with E-state index in [0.717, 1.165) is 12.1 Å². The molecule has 0 bridgehead atoms. The van der Waals surface area contributed by atoms with Crippen molar-refractivity contribution in [2.24, 2.45) is 7.05 Å². The van der Waals surface area contributed by atoms with Crippen LogP contribution in [0.15, 0.2) is 41.4 Å².